The summed E-state index contributed by atoms with van der Waals surface area (Å²) in [5.41, 5.74) is 8.17. The van der Waals surface area contributed by atoms with Crippen molar-refractivity contribution in [3.05, 3.63) is 0 Å². The lowest BCUT2D eigenvalue weighted by atomic mass is 9.75. The van der Waals surface area contributed by atoms with Crippen molar-refractivity contribution in [2.45, 2.75) is 50.1 Å². The number of carboxylic acids is 2. The van der Waals surface area contributed by atoms with E-state index in [1.807, 2.05) is 0 Å². The van der Waals surface area contributed by atoms with E-state index < -0.39 is 52.1 Å². The molecule has 3 fully saturated rings. The highest BCUT2D eigenvalue weighted by atomic mass is 32.2. The maximum atomic E-state index is 12.5. The van der Waals surface area contributed by atoms with Crippen molar-refractivity contribution in [2.75, 3.05) is 19.7 Å². The first-order valence-electron chi connectivity index (χ1n) is 9.91. The largest absolute Gasteiger partial charge is 0.527 e. The quantitative estimate of drug-likeness (QED) is 0.179. The fourth-order valence-corrected chi connectivity index (χ4v) is 5.27. The first-order valence-corrected chi connectivity index (χ1v) is 11.3. The van der Waals surface area contributed by atoms with Gasteiger partial charge in [0.05, 0.1) is 6.61 Å². The van der Waals surface area contributed by atoms with Crippen LogP contribution in [0.5, 0.6) is 0 Å². The third-order valence-electron chi connectivity index (χ3n) is 6.18. The van der Waals surface area contributed by atoms with Crippen LogP contribution in [-0.4, -0.2) is 85.3 Å². The van der Waals surface area contributed by atoms with Gasteiger partial charge in [-0.1, -0.05) is 6.42 Å². The Balaban J connectivity index is 1.57. The van der Waals surface area contributed by atoms with Gasteiger partial charge in [0, 0.05) is 31.1 Å². The molecule has 174 valence electrons. The van der Waals surface area contributed by atoms with Crippen LogP contribution in [-0.2, 0) is 33.9 Å². The highest BCUT2D eigenvalue weighted by molar-refractivity contribution is 7.87. The van der Waals surface area contributed by atoms with E-state index in [0.29, 0.717) is 12.8 Å². The summed E-state index contributed by atoms with van der Waals surface area (Å²) < 4.78 is 38.9. The zero-order valence-electron chi connectivity index (χ0n) is 17.0. The molecule has 0 spiro atoms. The number of carbonyl (C=O) groups excluding carboxylic acids is 1. The summed E-state index contributed by atoms with van der Waals surface area (Å²) in [6.07, 6.45) is 1.28. The summed E-state index contributed by atoms with van der Waals surface area (Å²) in [7, 11) is -4.89. The fourth-order valence-electron chi connectivity index (χ4n) is 3.71. The zero-order valence-corrected chi connectivity index (χ0v) is 17.8. The Hall–Kier alpha value is -1.78. The molecule has 2 heterocycles. The standard InChI is InChI=1S/C16H27BN4O9S/c1-15(12(22)23)8-29-17(30-14(15)26)4-2-3-9-6-21(7-16(9,19)13(24)25)31(27,28)20-11-5-10(11)18/h9-11,20H,2-8,18-19H2,1H3,(H,22,23)(H,24,25)/t9-,10+,11+,15?,16-/m0/s1. The second-order valence-corrected chi connectivity index (χ2v) is 10.4. The van der Waals surface area contributed by atoms with Crippen LogP contribution in [0.15, 0.2) is 0 Å². The lowest BCUT2D eigenvalue weighted by Gasteiger charge is -2.31. The molecule has 1 saturated carbocycles. The molecule has 5 atom stereocenters. The van der Waals surface area contributed by atoms with Crippen molar-refractivity contribution in [3.63, 3.8) is 0 Å². The van der Waals surface area contributed by atoms with Crippen LogP contribution in [0.25, 0.3) is 0 Å². The van der Waals surface area contributed by atoms with Crippen molar-refractivity contribution in [3.8, 4) is 0 Å². The number of carbonyl (C=O) groups is 3. The minimum atomic E-state index is -3.93. The predicted octanol–water partition coefficient (Wildman–Crippen LogP) is -2.43. The SMILES string of the molecule is CC1(C(=O)O)COB(CCC[C@H]2CN(S(=O)(=O)N[C@@H]3C[C@H]3N)C[C@@]2(N)C(=O)O)OC1=O. The maximum absolute atomic E-state index is 12.5. The van der Waals surface area contributed by atoms with E-state index >= 15 is 0 Å². The minimum Gasteiger partial charge on any atom is -0.509 e. The van der Waals surface area contributed by atoms with Crippen LogP contribution in [0.2, 0.25) is 6.32 Å². The maximum Gasteiger partial charge on any atom is 0.527 e. The van der Waals surface area contributed by atoms with E-state index in [1.54, 1.807) is 0 Å². The fraction of sp³-hybridized carbons (Fsp3) is 0.812. The number of aliphatic carboxylic acids is 2. The second-order valence-electron chi connectivity index (χ2n) is 8.68. The predicted molar refractivity (Wildman–Crippen MR) is 106 cm³/mol. The van der Waals surface area contributed by atoms with Gasteiger partial charge in [0.1, 0.15) is 5.54 Å². The molecule has 0 aromatic rings. The van der Waals surface area contributed by atoms with Crippen LogP contribution in [0.3, 0.4) is 0 Å². The molecule has 7 N–H and O–H groups in total. The smallest absolute Gasteiger partial charge is 0.509 e. The van der Waals surface area contributed by atoms with E-state index in [4.69, 9.17) is 25.9 Å². The molecule has 2 aliphatic heterocycles. The van der Waals surface area contributed by atoms with Gasteiger partial charge in [-0.3, -0.25) is 14.4 Å². The number of nitrogens with two attached hydrogens (primary N) is 2. The Kier molecular flexibility index (Phi) is 6.39. The third-order valence-corrected chi connectivity index (χ3v) is 7.74. The van der Waals surface area contributed by atoms with Gasteiger partial charge in [0.15, 0.2) is 5.41 Å². The molecule has 13 nitrogen and oxygen atoms in total. The van der Waals surface area contributed by atoms with Gasteiger partial charge in [-0.2, -0.15) is 17.4 Å². The van der Waals surface area contributed by atoms with Crippen LogP contribution in [0.4, 0.5) is 0 Å². The molecule has 1 aliphatic carbocycles. The van der Waals surface area contributed by atoms with Crippen LogP contribution in [0, 0.1) is 11.3 Å². The lowest BCUT2D eigenvalue weighted by Crippen LogP contribution is -2.55. The minimum absolute atomic E-state index is 0.0809. The molecule has 3 aliphatic rings. The molecule has 0 amide bonds. The van der Waals surface area contributed by atoms with E-state index in [1.165, 1.54) is 6.92 Å². The first kappa shape index (κ1) is 23.9. The number of carboxylic acid groups (broad SMARTS) is 2. The molecular weight excluding hydrogens is 435 g/mol. The molecule has 0 aromatic heterocycles. The van der Waals surface area contributed by atoms with Crippen LogP contribution in [0.1, 0.15) is 26.2 Å². The lowest BCUT2D eigenvalue weighted by molar-refractivity contribution is -0.169. The summed E-state index contributed by atoms with van der Waals surface area (Å²) in [5.74, 6) is -4.25. The zero-order chi connectivity index (χ0) is 23.2. The Morgan fingerprint density at radius 3 is 2.52 bits per heavy atom. The molecule has 1 unspecified atom stereocenters. The monoisotopic (exact) mass is 462 g/mol. The molecule has 31 heavy (non-hydrogen) atoms. The molecular formula is C16H27BN4O9S. The number of nitrogens with zero attached hydrogens (tertiary/aromatic N) is 1. The van der Waals surface area contributed by atoms with Gasteiger partial charge in [0.2, 0.25) is 0 Å². The Labute approximate surface area is 179 Å². The average Bonchev–Trinajstić information content (AvgIpc) is 3.22. The molecule has 2 saturated heterocycles. The van der Waals surface area contributed by atoms with Gasteiger partial charge >= 0.3 is 25.0 Å². The highest BCUT2D eigenvalue weighted by Crippen LogP contribution is 2.33. The summed E-state index contributed by atoms with van der Waals surface area (Å²) >= 11 is 0. The van der Waals surface area contributed by atoms with Gasteiger partial charge in [-0.25, -0.2) is 0 Å². The first-order chi connectivity index (χ1) is 14.3. The van der Waals surface area contributed by atoms with Crippen molar-refractivity contribution >= 4 is 35.2 Å². The third kappa shape index (κ3) is 4.71. The van der Waals surface area contributed by atoms with Crippen molar-refractivity contribution < 1.29 is 42.3 Å². The van der Waals surface area contributed by atoms with Gasteiger partial charge < -0.3 is 31.0 Å². The summed E-state index contributed by atoms with van der Waals surface area (Å²) in [6, 6.07) is -0.618. The van der Waals surface area contributed by atoms with Crippen molar-refractivity contribution in [1.29, 1.82) is 0 Å². The molecule has 15 heteroatoms. The topological polar surface area (TPSA) is 212 Å². The molecule has 0 aromatic carbocycles. The molecule has 3 rings (SSSR count). The number of nitrogens with one attached hydrogen (secondary N) is 1. The van der Waals surface area contributed by atoms with E-state index in [9.17, 15) is 27.9 Å². The van der Waals surface area contributed by atoms with Crippen molar-refractivity contribution in [1.82, 2.24) is 9.03 Å². The van der Waals surface area contributed by atoms with E-state index in [2.05, 4.69) is 4.72 Å². The van der Waals surface area contributed by atoms with Crippen LogP contribution < -0.4 is 16.2 Å². The number of hydrogen-bond donors (Lipinski definition) is 5. The summed E-state index contributed by atoms with van der Waals surface area (Å²) in [6.45, 7) is 0.407. The van der Waals surface area contributed by atoms with Crippen molar-refractivity contribution in [2.24, 2.45) is 22.8 Å². The van der Waals surface area contributed by atoms with E-state index in [0.717, 1.165) is 4.31 Å². The average molecular weight is 462 g/mol. The van der Waals surface area contributed by atoms with Crippen LogP contribution >= 0.6 is 0 Å². The summed E-state index contributed by atoms with van der Waals surface area (Å²) in [5, 5.41) is 18.7. The molecule has 0 bridgehead atoms. The Bertz CT molecular complexity index is 873. The van der Waals surface area contributed by atoms with E-state index in [-0.39, 0.29) is 44.5 Å². The molecule has 0 radical (unpaired) electrons. The Morgan fingerprint density at radius 1 is 1.35 bits per heavy atom. The second kappa shape index (κ2) is 8.29. The van der Waals surface area contributed by atoms with Gasteiger partial charge in [-0.15, -0.1) is 0 Å². The highest BCUT2D eigenvalue weighted by Gasteiger charge is 2.54. The normalized spacial score (nSPS) is 36.3. The summed E-state index contributed by atoms with van der Waals surface area (Å²) in [4.78, 5) is 35.0. The number of rotatable bonds is 9. The van der Waals surface area contributed by atoms with Gasteiger partial charge in [-0.05, 0) is 26.1 Å². The number of hydrogen-bond acceptors (Lipinski definition) is 9. The Morgan fingerprint density at radius 2 is 2.00 bits per heavy atom. The van der Waals surface area contributed by atoms with Gasteiger partial charge in [0.25, 0.3) is 10.2 Å².